The molecule has 0 aromatic carbocycles. The molecule has 72 valence electrons. The van der Waals surface area contributed by atoms with Gasteiger partial charge in [0, 0.05) is 5.69 Å². The Bertz CT molecular complexity index is 302. The molecule has 1 aromatic heterocycles. The molecule has 0 bridgehead atoms. The van der Waals surface area contributed by atoms with Gasteiger partial charge in [-0.15, -0.1) is 11.8 Å². The maximum absolute atomic E-state index is 4.45. The van der Waals surface area contributed by atoms with Crippen LogP contribution < -0.4 is 0 Å². The molecular weight excluding hydrogens is 180 g/mol. The van der Waals surface area contributed by atoms with Crippen LogP contribution in [0.1, 0.15) is 31.3 Å². The first-order valence-corrected chi connectivity index (χ1v) is 5.70. The van der Waals surface area contributed by atoms with Gasteiger partial charge in [0.15, 0.2) is 0 Å². The summed E-state index contributed by atoms with van der Waals surface area (Å²) in [7, 11) is 0. The lowest BCUT2D eigenvalue weighted by molar-refractivity contribution is 0.958. The Kier molecular flexibility index (Phi) is 3.60. The van der Waals surface area contributed by atoms with Crippen LogP contribution >= 0.6 is 11.8 Å². The van der Waals surface area contributed by atoms with Crippen LogP contribution in [0.4, 0.5) is 0 Å². The summed E-state index contributed by atoms with van der Waals surface area (Å²) in [6.45, 7) is 8.19. The number of thioether (sulfide) groups is 1. The van der Waals surface area contributed by atoms with Gasteiger partial charge in [-0.2, -0.15) is 0 Å². The lowest BCUT2D eigenvalue weighted by atomic mass is 10.2. The molecule has 0 aliphatic heterocycles. The molecule has 0 fully saturated rings. The van der Waals surface area contributed by atoms with Crippen molar-refractivity contribution in [2.75, 3.05) is 6.26 Å². The molecule has 3 heteroatoms. The van der Waals surface area contributed by atoms with Crippen molar-refractivity contribution in [1.29, 1.82) is 0 Å². The fraction of sp³-hybridized carbons (Fsp3) is 0.500. The van der Waals surface area contributed by atoms with E-state index in [4.69, 9.17) is 0 Å². The van der Waals surface area contributed by atoms with Gasteiger partial charge in [0.25, 0.3) is 0 Å². The Balaban J connectivity index is 2.84. The fourth-order valence-corrected chi connectivity index (χ4v) is 1.77. The summed E-state index contributed by atoms with van der Waals surface area (Å²) in [5, 5.41) is 1.08. The summed E-state index contributed by atoms with van der Waals surface area (Å²) >= 11 is 1.67. The number of nitrogens with zero attached hydrogens (tertiary/aromatic N) is 1. The molecule has 1 aromatic rings. The number of aryl methyl sites for hydroxylation is 1. The van der Waals surface area contributed by atoms with Gasteiger partial charge in [-0.3, -0.25) is 0 Å². The Morgan fingerprint density at radius 1 is 1.62 bits per heavy atom. The first kappa shape index (κ1) is 10.4. The number of rotatable bonds is 4. The number of allylic oxidation sites excluding steroid dienone is 1. The zero-order valence-corrected chi connectivity index (χ0v) is 9.29. The normalized spacial score (nSPS) is 10.4. The van der Waals surface area contributed by atoms with E-state index in [1.807, 2.05) is 13.2 Å². The van der Waals surface area contributed by atoms with E-state index in [-0.39, 0.29) is 0 Å². The zero-order valence-electron chi connectivity index (χ0n) is 8.48. The molecule has 0 amide bonds. The van der Waals surface area contributed by atoms with Crippen LogP contribution in [0.25, 0.3) is 5.57 Å². The molecule has 0 saturated carbocycles. The standard InChI is InChI=1S/C10H16N2S/c1-5-6-7(2)9-11-8(3)10(12-9)13-4/h2,5-6H2,1,3-4H3,(H,11,12). The van der Waals surface area contributed by atoms with E-state index in [1.54, 1.807) is 11.8 Å². The Morgan fingerprint density at radius 3 is 2.77 bits per heavy atom. The third-order valence-electron chi connectivity index (χ3n) is 1.92. The first-order valence-electron chi connectivity index (χ1n) is 4.47. The Morgan fingerprint density at radius 2 is 2.31 bits per heavy atom. The minimum Gasteiger partial charge on any atom is -0.341 e. The van der Waals surface area contributed by atoms with Crippen LogP contribution in [0, 0.1) is 6.92 Å². The second kappa shape index (κ2) is 4.51. The topological polar surface area (TPSA) is 28.7 Å². The van der Waals surface area contributed by atoms with Crippen molar-refractivity contribution in [1.82, 2.24) is 9.97 Å². The highest BCUT2D eigenvalue weighted by molar-refractivity contribution is 7.98. The minimum absolute atomic E-state index is 0.948. The van der Waals surface area contributed by atoms with Crippen molar-refractivity contribution in [2.45, 2.75) is 31.7 Å². The van der Waals surface area contributed by atoms with E-state index >= 15 is 0 Å². The second-order valence-electron chi connectivity index (χ2n) is 3.07. The number of aromatic nitrogens is 2. The lowest BCUT2D eigenvalue weighted by Crippen LogP contribution is -1.85. The average molecular weight is 196 g/mol. The van der Waals surface area contributed by atoms with Crippen LogP contribution in [0.2, 0.25) is 0 Å². The molecule has 0 unspecified atom stereocenters. The summed E-state index contributed by atoms with van der Waals surface area (Å²) in [6, 6.07) is 0. The molecule has 0 spiro atoms. The van der Waals surface area contributed by atoms with Crippen molar-refractivity contribution in [3.8, 4) is 0 Å². The molecule has 0 aliphatic rings. The van der Waals surface area contributed by atoms with Gasteiger partial charge in [0.05, 0.1) is 0 Å². The zero-order chi connectivity index (χ0) is 9.84. The monoisotopic (exact) mass is 196 g/mol. The van der Waals surface area contributed by atoms with Gasteiger partial charge in [-0.05, 0) is 25.2 Å². The predicted octanol–water partition coefficient (Wildman–Crippen LogP) is 3.25. The molecule has 0 saturated heterocycles. The largest absolute Gasteiger partial charge is 0.341 e. The van der Waals surface area contributed by atoms with Crippen LogP contribution in [0.15, 0.2) is 11.6 Å². The lowest BCUT2D eigenvalue weighted by Gasteiger charge is -1.97. The molecule has 2 nitrogen and oxygen atoms in total. The molecule has 13 heavy (non-hydrogen) atoms. The first-order chi connectivity index (χ1) is 6.19. The van der Waals surface area contributed by atoms with Crippen LogP contribution in [-0.4, -0.2) is 16.2 Å². The smallest absolute Gasteiger partial charge is 0.134 e. The van der Waals surface area contributed by atoms with E-state index in [1.165, 1.54) is 0 Å². The minimum atomic E-state index is 0.948. The highest BCUT2D eigenvalue weighted by atomic mass is 32.2. The van der Waals surface area contributed by atoms with Gasteiger partial charge >= 0.3 is 0 Å². The van der Waals surface area contributed by atoms with Gasteiger partial charge in [0.1, 0.15) is 10.9 Å². The third-order valence-corrected chi connectivity index (χ3v) is 2.70. The fourth-order valence-electron chi connectivity index (χ4n) is 1.23. The van der Waals surface area contributed by atoms with Crippen molar-refractivity contribution < 1.29 is 0 Å². The molecule has 1 rings (SSSR count). The van der Waals surface area contributed by atoms with Crippen LogP contribution in [0.3, 0.4) is 0 Å². The van der Waals surface area contributed by atoms with Crippen LogP contribution in [0.5, 0.6) is 0 Å². The molecule has 0 atom stereocenters. The summed E-state index contributed by atoms with van der Waals surface area (Å²) in [6.07, 6.45) is 4.17. The number of nitrogens with one attached hydrogen (secondary N) is 1. The molecule has 0 aliphatic carbocycles. The highest BCUT2D eigenvalue weighted by Crippen LogP contribution is 2.21. The van der Waals surface area contributed by atoms with E-state index in [2.05, 4.69) is 23.5 Å². The summed E-state index contributed by atoms with van der Waals surface area (Å²) in [4.78, 5) is 7.70. The van der Waals surface area contributed by atoms with E-state index in [9.17, 15) is 0 Å². The second-order valence-corrected chi connectivity index (χ2v) is 3.87. The van der Waals surface area contributed by atoms with Gasteiger partial charge in [-0.25, -0.2) is 4.98 Å². The maximum Gasteiger partial charge on any atom is 0.134 e. The van der Waals surface area contributed by atoms with Crippen molar-refractivity contribution in [3.63, 3.8) is 0 Å². The van der Waals surface area contributed by atoms with E-state index in [0.717, 1.165) is 35.0 Å². The number of aromatic amines is 1. The SMILES string of the molecule is C=C(CCC)c1nc(SC)c(C)[nH]1. The average Bonchev–Trinajstić information content (AvgIpc) is 2.47. The third kappa shape index (κ3) is 2.37. The van der Waals surface area contributed by atoms with Crippen molar-refractivity contribution in [2.24, 2.45) is 0 Å². The quantitative estimate of drug-likeness (QED) is 0.749. The van der Waals surface area contributed by atoms with E-state index in [0.29, 0.717) is 0 Å². The molecule has 1 N–H and O–H groups in total. The van der Waals surface area contributed by atoms with E-state index < -0.39 is 0 Å². The number of hydrogen-bond acceptors (Lipinski definition) is 2. The molecule has 0 radical (unpaired) electrons. The maximum atomic E-state index is 4.45. The van der Waals surface area contributed by atoms with Gasteiger partial charge in [-0.1, -0.05) is 19.9 Å². The predicted molar refractivity (Wildman–Crippen MR) is 59.0 cm³/mol. The number of hydrogen-bond donors (Lipinski definition) is 1. The highest BCUT2D eigenvalue weighted by Gasteiger charge is 2.07. The number of imidazole rings is 1. The number of H-pyrrole nitrogens is 1. The Hall–Kier alpha value is -0.700. The van der Waals surface area contributed by atoms with Crippen LogP contribution in [-0.2, 0) is 0 Å². The van der Waals surface area contributed by atoms with Gasteiger partial charge in [0.2, 0.25) is 0 Å². The van der Waals surface area contributed by atoms with Crippen molar-refractivity contribution >= 4 is 17.3 Å². The summed E-state index contributed by atoms with van der Waals surface area (Å²) in [5.41, 5.74) is 2.24. The molecular formula is C10H16N2S. The van der Waals surface area contributed by atoms with Crippen molar-refractivity contribution in [3.05, 3.63) is 18.1 Å². The molecule has 1 heterocycles. The summed E-state index contributed by atoms with van der Waals surface area (Å²) < 4.78 is 0. The summed E-state index contributed by atoms with van der Waals surface area (Å²) in [5.74, 6) is 0.948. The van der Waals surface area contributed by atoms with Gasteiger partial charge < -0.3 is 4.98 Å². The Labute approximate surface area is 83.8 Å².